The van der Waals surface area contributed by atoms with Gasteiger partial charge in [-0.1, -0.05) is 20.8 Å². The van der Waals surface area contributed by atoms with Crippen LogP contribution < -0.4 is 0 Å². The molecule has 0 aromatic heterocycles. The Morgan fingerprint density at radius 2 is 1.69 bits per heavy atom. The van der Waals surface area contributed by atoms with E-state index in [0.717, 1.165) is 11.8 Å². The summed E-state index contributed by atoms with van der Waals surface area (Å²) in [6.07, 6.45) is 4.37. The second kappa shape index (κ2) is 3.27. The van der Waals surface area contributed by atoms with Crippen molar-refractivity contribution in [2.75, 3.05) is 19.6 Å². The van der Waals surface area contributed by atoms with Crippen molar-refractivity contribution < 1.29 is 0 Å². The van der Waals surface area contributed by atoms with Gasteiger partial charge in [0.2, 0.25) is 0 Å². The first-order chi connectivity index (χ1) is 6.07. The fraction of sp³-hybridized carbons (Fsp3) is 1.00. The highest BCUT2D eigenvalue weighted by Crippen LogP contribution is 2.46. The molecule has 0 spiro atoms. The van der Waals surface area contributed by atoms with Crippen molar-refractivity contribution in [3.05, 3.63) is 0 Å². The zero-order chi connectivity index (χ0) is 9.47. The maximum Gasteiger partial charge on any atom is 0.00356 e. The van der Waals surface area contributed by atoms with Crippen LogP contribution in [0.25, 0.3) is 0 Å². The monoisotopic (exact) mass is 181 g/mol. The first kappa shape index (κ1) is 9.51. The molecule has 1 saturated carbocycles. The zero-order valence-corrected chi connectivity index (χ0v) is 9.34. The van der Waals surface area contributed by atoms with Gasteiger partial charge < -0.3 is 4.90 Å². The molecule has 2 unspecified atom stereocenters. The third kappa shape index (κ3) is 2.46. The van der Waals surface area contributed by atoms with Crippen molar-refractivity contribution >= 4 is 0 Å². The van der Waals surface area contributed by atoms with Gasteiger partial charge in [-0.2, -0.15) is 0 Å². The maximum absolute atomic E-state index is 2.70. The largest absolute Gasteiger partial charge is 0.302 e. The lowest BCUT2D eigenvalue weighted by molar-refractivity contribution is 0.120. The molecule has 0 aromatic rings. The second-order valence-electron chi connectivity index (χ2n) is 5.95. The van der Waals surface area contributed by atoms with E-state index in [-0.39, 0.29) is 0 Å². The molecule has 1 heterocycles. The van der Waals surface area contributed by atoms with Crippen LogP contribution in [0.5, 0.6) is 0 Å². The van der Waals surface area contributed by atoms with Crippen molar-refractivity contribution in [1.29, 1.82) is 0 Å². The van der Waals surface area contributed by atoms with Crippen molar-refractivity contribution in [1.82, 2.24) is 4.90 Å². The standard InChI is InChI=1S/C12H23N/c1-10-6-11(2)8-13(7-10)9-12(3)4-5-12/h10-11H,4-9H2,1-3H3. The molecular weight excluding hydrogens is 158 g/mol. The van der Waals surface area contributed by atoms with Crippen LogP contribution in [-0.4, -0.2) is 24.5 Å². The molecule has 1 aliphatic carbocycles. The van der Waals surface area contributed by atoms with E-state index in [9.17, 15) is 0 Å². The smallest absolute Gasteiger partial charge is 0.00356 e. The summed E-state index contributed by atoms with van der Waals surface area (Å²) in [6.45, 7) is 11.3. The van der Waals surface area contributed by atoms with E-state index in [4.69, 9.17) is 0 Å². The minimum Gasteiger partial charge on any atom is -0.302 e. The average molecular weight is 181 g/mol. The fourth-order valence-corrected chi connectivity index (χ4v) is 2.83. The number of hydrogen-bond acceptors (Lipinski definition) is 1. The van der Waals surface area contributed by atoms with E-state index in [0.29, 0.717) is 5.41 Å². The number of hydrogen-bond donors (Lipinski definition) is 0. The molecule has 2 fully saturated rings. The number of rotatable bonds is 2. The summed E-state index contributed by atoms with van der Waals surface area (Å²) in [4.78, 5) is 2.70. The Hall–Kier alpha value is -0.0400. The molecule has 2 atom stereocenters. The van der Waals surface area contributed by atoms with Gasteiger partial charge in [0.25, 0.3) is 0 Å². The van der Waals surface area contributed by atoms with Crippen LogP contribution in [0.4, 0.5) is 0 Å². The molecule has 1 nitrogen and oxygen atoms in total. The Bertz CT molecular complexity index is 174. The zero-order valence-electron chi connectivity index (χ0n) is 9.34. The Balaban J connectivity index is 1.84. The predicted molar refractivity (Wildman–Crippen MR) is 56.7 cm³/mol. The van der Waals surface area contributed by atoms with Gasteiger partial charge >= 0.3 is 0 Å². The van der Waals surface area contributed by atoms with Crippen molar-refractivity contribution in [3.63, 3.8) is 0 Å². The Kier molecular flexibility index (Phi) is 2.39. The van der Waals surface area contributed by atoms with Crippen molar-refractivity contribution in [3.8, 4) is 0 Å². The highest BCUT2D eigenvalue weighted by molar-refractivity contribution is 4.92. The van der Waals surface area contributed by atoms with Gasteiger partial charge in [-0.05, 0) is 36.5 Å². The van der Waals surface area contributed by atoms with Gasteiger partial charge in [0.15, 0.2) is 0 Å². The van der Waals surface area contributed by atoms with Crippen molar-refractivity contribution in [2.45, 2.75) is 40.0 Å². The second-order valence-corrected chi connectivity index (χ2v) is 5.95. The minimum atomic E-state index is 0.705. The molecule has 1 heteroatoms. The molecule has 0 radical (unpaired) electrons. The number of nitrogens with zero attached hydrogens (tertiary/aromatic N) is 1. The van der Waals surface area contributed by atoms with Gasteiger partial charge in [0.05, 0.1) is 0 Å². The summed E-state index contributed by atoms with van der Waals surface area (Å²) in [5.74, 6) is 1.84. The summed E-state index contributed by atoms with van der Waals surface area (Å²) >= 11 is 0. The van der Waals surface area contributed by atoms with Crippen LogP contribution in [0.1, 0.15) is 40.0 Å². The lowest BCUT2D eigenvalue weighted by Crippen LogP contribution is -2.41. The van der Waals surface area contributed by atoms with Crippen LogP contribution in [0, 0.1) is 17.3 Å². The van der Waals surface area contributed by atoms with Gasteiger partial charge in [-0.15, -0.1) is 0 Å². The van der Waals surface area contributed by atoms with Gasteiger partial charge in [-0.25, -0.2) is 0 Å². The van der Waals surface area contributed by atoms with E-state index in [2.05, 4.69) is 25.7 Å². The van der Waals surface area contributed by atoms with E-state index in [1.165, 1.54) is 38.9 Å². The molecule has 0 N–H and O–H groups in total. The van der Waals surface area contributed by atoms with Crippen LogP contribution in [0.3, 0.4) is 0 Å². The highest BCUT2D eigenvalue weighted by Gasteiger charge is 2.39. The van der Waals surface area contributed by atoms with Crippen LogP contribution >= 0.6 is 0 Å². The predicted octanol–water partition coefficient (Wildman–Crippen LogP) is 2.76. The Labute approximate surface area is 82.5 Å². The fourth-order valence-electron chi connectivity index (χ4n) is 2.83. The summed E-state index contributed by atoms with van der Waals surface area (Å²) < 4.78 is 0. The minimum absolute atomic E-state index is 0.705. The lowest BCUT2D eigenvalue weighted by Gasteiger charge is -2.36. The van der Waals surface area contributed by atoms with Crippen LogP contribution in [-0.2, 0) is 0 Å². The number of piperidine rings is 1. The highest BCUT2D eigenvalue weighted by atomic mass is 15.1. The number of likely N-dealkylation sites (tertiary alicyclic amines) is 1. The molecule has 0 amide bonds. The molecule has 1 saturated heterocycles. The maximum atomic E-state index is 2.70. The third-order valence-electron chi connectivity index (χ3n) is 3.65. The van der Waals surface area contributed by atoms with E-state index < -0.39 is 0 Å². The van der Waals surface area contributed by atoms with E-state index >= 15 is 0 Å². The van der Waals surface area contributed by atoms with Gasteiger partial charge in [0, 0.05) is 19.6 Å². The first-order valence-corrected chi connectivity index (χ1v) is 5.80. The lowest BCUT2D eigenvalue weighted by atomic mass is 9.91. The molecule has 2 aliphatic rings. The SMILES string of the molecule is CC1CC(C)CN(CC2(C)CC2)C1. The molecule has 1 aliphatic heterocycles. The summed E-state index contributed by atoms with van der Waals surface area (Å²) in [7, 11) is 0. The molecule has 0 bridgehead atoms. The summed E-state index contributed by atoms with van der Waals surface area (Å²) in [6, 6.07) is 0. The Morgan fingerprint density at radius 3 is 2.15 bits per heavy atom. The molecule has 76 valence electrons. The summed E-state index contributed by atoms with van der Waals surface area (Å²) in [5, 5.41) is 0. The molecular formula is C12H23N. The van der Waals surface area contributed by atoms with Crippen LogP contribution in [0.2, 0.25) is 0 Å². The van der Waals surface area contributed by atoms with Gasteiger partial charge in [0.1, 0.15) is 0 Å². The average Bonchev–Trinajstić information content (AvgIpc) is 2.64. The topological polar surface area (TPSA) is 3.24 Å². The van der Waals surface area contributed by atoms with Gasteiger partial charge in [-0.3, -0.25) is 0 Å². The third-order valence-corrected chi connectivity index (χ3v) is 3.65. The first-order valence-electron chi connectivity index (χ1n) is 5.80. The Morgan fingerprint density at radius 1 is 1.15 bits per heavy atom. The summed E-state index contributed by atoms with van der Waals surface area (Å²) in [5.41, 5.74) is 0.705. The van der Waals surface area contributed by atoms with E-state index in [1.54, 1.807) is 0 Å². The van der Waals surface area contributed by atoms with Crippen molar-refractivity contribution in [2.24, 2.45) is 17.3 Å². The van der Waals surface area contributed by atoms with E-state index in [1.807, 2.05) is 0 Å². The normalized spacial score (nSPS) is 39.0. The molecule has 0 aromatic carbocycles. The molecule has 2 rings (SSSR count). The quantitative estimate of drug-likeness (QED) is 0.633. The molecule has 13 heavy (non-hydrogen) atoms. The van der Waals surface area contributed by atoms with Crippen LogP contribution in [0.15, 0.2) is 0 Å².